The van der Waals surface area contributed by atoms with Gasteiger partial charge in [0.25, 0.3) is 0 Å². The van der Waals surface area contributed by atoms with Gasteiger partial charge in [-0.15, -0.1) is 0 Å². The van der Waals surface area contributed by atoms with Crippen LogP contribution in [0.3, 0.4) is 0 Å². The maximum Gasteiger partial charge on any atom is 0.418 e. The molecular weight excluding hydrogens is 269 g/mol. The number of alkyl halides is 3. The molecule has 0 spiro atoms. The zero-order valence-electron chi connectivity index (χ0n) is 10.1. The van der Waals surface area contributed by atoms with Crippen LogP contribution in [-0.2, 0) is 6.18 Å². The first kappa shape index (κ1) is 12.5. The highest BCUT2D eigenvalue weighted by molar-refractivity contribution is 5.62. The van der Waals surface area contributed by atoms with Gasteiger partial charge in [-0.2, -0.15) is 13.2 Å². The van der Waals surface area contributed by atoms with E-state index in [9.17, 15) is 13.2 Å². The largest absolute Gasteiger partial charge is 0.464 e. The Balaban J connectivity index is 2.17. The molecule has 0 aliphatic heterocycles. The predicted molar refractivity (Wildman–Crippen MR) is 66.3 cm³/mol. The Morgan fingerprint density at radius 3 is 2.60 bits per heavy atom. The molecule has 6 heteroatoms. The van der Waals surface area contributed by atoms with Crippen LogP contribution in [0.4, 0.5) is 13.2 Å². The van der Waals surface area contributed by atoms with Crippen LogP contribution in [0.25, 0.3) is 17.0 Å². The number of imidazole rings is 1. The SMILES string of the molecule is FC(F)(F)c1cc(-c2ccco2)ccc1-n1ccnc1. The van der Waals surface area contributed by atoms with Crippen LogP contribution in [0.5, 0.6) is 0 Å². The number of benzene rings is 1. The summed E-state index contributed by atoms with van der Waals surface area (Å²) in [6, 6.07) is 7.32. The topological polar surface area (TPSA) is 31.0 Å². The van der Waals surface area contributed by atoms with E-state index in [1.54, 1.807) is 18.2 Å². The second-order valence-electron chi connectivity index (χ2n) is 4.18. The Hall–Kier alpha value is -2.50. The van der Waals surface area contributed by atoms with Crippen molar-refractivity contribution in [2.24, 2.45) is 0 Å². The Morgan fingerprint density at radius 1 is 1.15 bits per heavy atom. The number of rotatable bonds is 2. The summed E-state index contributed by atoms with van der Waals surface area (Å²) in [5, 5.41) is 0. The summed E-state index contributed by atoms with van der Waals surface area (Å²) in [5.74, 6) is 0.396. The van der Waals surface area contributed by atoms with Crippen molar-refractivity contribution in [3.05, 3.63) is 60.9 Å². The van der Waals surface area contributed by atoms with Gasteiger partial charge in [0, 0.05) is 18.0 Å². The maximum atomic E-state index is 13.2. The maximum absolute atomic E-state index is 13.2. The minimum atomic E-state index is -4.46. The molecule has 0 unspecified atom stereocenters. The van der Waals surface area contributed by atoms with Crippen molar-refractivity contribution in [3.8, 4) is 17.0 Å². The summed E-state index contributed by atoms with van der Waals surface area (Å²) in [6.45, 7) is 0. The standard InChI is InChI=1S/C14H9F3N2O/c15-14(16,17)11-8-10(13-2-1-7-20-13)3-4-12(11)19-6-5-18-9-19/h1-9H. The lowest BCUT2D eigenvalue weighted by molar-refractivity contribution is -0.137. The third-order valence-electron chi connectivity index (χ3n) is 2.89. The Morgan fingerprint density at radius 2 is 2.00 bits per heavy atom. The molecule has 0 saturated carbocycles. The van der Waals surface area contributed by atoms with E-state index in [1.807, 2.05) is 0 Å². The molecule has 3 aromatic rings. The summed E-state index contributed by atoms with van der Waals surface area (Å²) in [6.07, 6.45) is 1.20. The van der Waals surface area contributed by atoms with Gasteiger partial charge in [-0.25, -0.2) is 4.98 Å². The predicted octanol–water partition coefficient (Wildman–Crippen LogP) is 4.15. The molecule has 3 nitrogen and oxygen atoms in total. The molecule has 0 radical (unpaired) electrons. The molecule has 0 fully saturated rings. The number of furan rings is 1. The van der Waals surface area contributed by atoms with E-state index < -0.39 is 11.7 Å². The number of aromatic nitrogens is 2. The first-order chi connectivity index (χ1) is 9.55. The van der Waals surface area contributed by atoms with Gasteiger partial charge in [0.05, 0.1) is 23.8 Å². The molecule has 2 heterocycles. The van der Waals surface area contributed by atoms with Gasteiger partial charge in [-0.1, -0.05) is 0 Å². The van der Waals surface area contributed by atoms with Crippen LogP contribution in [0.2, 0.25) is 0 Å². The fourth-order valence-electron chi connectivity index (χ4n) is 1.99. The van der Waals surface area contributed by atoms with E-state index in [-0.39, 0.29) is 5.69 Å². The minimum absolute atomic E-state index is 0.0327. The third kappa shape index (κ3) is 2.20. The molecule has 0 atom stereocenters. The number of hydrogen-bond acceptors (Lipinski definition) is 2. The van der Waals surface area contributed by atoms with Gasteiger partial charge in [-0.3, -0.25) is 0 Å². The zero-order valence-corrected chi connectivity index (χ0v) is 10.1. The van der Waals surface area contributed by atoms with Gasteiger partial charge in [0.2, 0.25) is 0 Å². The van der Waals surface area contributed by atoms with Crippen LogP contribution >= 0.6 is 0 Å². The molecule has 0 saturated heterocycles. The monoisotopic (exact) mass is 278 g/mol. The lowest BCUT2D eigenvalue weighted by Gasteiger charge is -2.14. The molecule has 0 amide bonds. The molecule has 0 aliphatic rings. The number of hydrogen-bond donors (Lipinski definition) is 0. The van der Waals surface area contributed by atoms with E-state index in [0.29, 0.717) is 11.3 Å². The molecule has 0 aliphatic carbocycles. The van der Waals surface area contributed by atoms with Crippen molar-refractivity contribution in [1.29, 1.82) is 0 Å². The summed E-state index contributed by atoms with van der Waals surface area (Å²) in [4.78, 5) is 3.77. The number of halogens is 3. The average molecular weight is 278 g/mol. The molecule has 0 bridgehead atoms. The van der Waals surface area contributed by atoms with Gasteiger partial charge >= 0.3 is 6.18 Å². The van der Waals surface area contributed by atoms with Gasteiger partial charge < -0.3 is 8.98 Å². The van der Waals surface area contributed by atoms with Crippen LogP contribution in [0.15, 0.2) is 59.7 Å². The third-order valence-corrected chi connectivity index (χ3v) is 2.89. The quantitative estimate of drug-likeness (QED) is 0.705. The number of nitrogens with zero attached hydrogens (tertiary/aromatic N) is 2. The molecule has 0 N–H and O–H groups in total. The highest BCUT2D eigenvalue weighted by atomic mass is 19.4. The molecule has 20 heavy (non-hydrogen) atoms. The van der Waals surface area contributed by atoms with Crippen LogP contribution in [-0.4, -0.2) is 9.55 Å². The molecule has 102 valence electrons. The first-order valence-corrected chi connectivity index (χ1v) is 5.79. The molecular formula is C14H9F3N2O. The van der Waals surface area contributed by atoms with Gasteiger partial charge in [0.1, 0.15) is 5.76 Å². The summed E-state index contributed by atoms with van der Waals surface area (Å²) in [5.41, 5.74) is -0.319. The van der Waals surface area contributed by atoms with E-state index in [0.717, 1.165) is 6.07 Å². The molecule has 2 aromatic heterocycles. The Kier molecular flexibility index (Phi) is 2.85. The van der Waals surface area contributed by atoms with E-state index in [2.05, 4.69) is 4.98 Å². The summed E-state index contributed by atoms with van der Waals surface area (Å²) in [7, 11) is 0. The zero-order chi connectivity index (χ0) is 14.2. The smallest absolute Gasteiger partial charge is 0.418 e. The molecule has 1 aromatic carbocycles. The second-order valence-corrected chi connectivity index (χ2v) is 4.18. The van der Waals surface area contributed by atoms with Crippen molar-refractivity contribution in [2.45, 2.75) is 6.18 Å². The van der Waals surface area contributed by atoms with Crippen molar-refractivity contribution < 1.29 is 17.6 Å². The van der Waals surface area contributed by atoms with E-state index in [4.69, 9.17) is 4.42 Å². The fraction of sp³-hybridized carbons (Fsp3) is 0.0714. The fourth-order valence-corrected chi connectivity index (χ4v) is 1.99. The highest BCUT2D eigenvalue weighted by Gasteiger charge is 2.34. The van der Waals surface area contributed by atoms with Crippen LogP contribution in [0.1, 0.15) is 5.56 Å². The van der Waals surface area contributed by atoms with E-state index in [1.165, 1.54) is 35.6 Å². The van der Waals surface area contributed by atoms with Crippen molar-refractivity contribution >= 4 is 0 Å². The summed E-state index contributed by atoms with van der Waals surface area (Å²) >= 11 is 0. The normalized spacial score (nSPS) is 11.8. The van der Waals surface area contributed by atoms with Crippen LogP contribution in [0, 0.1) is 0 Å². The first-order valence-electron chi connectivity index (χ1n) is 5.79. The second kappa shape index (κ2) is 4.56. The van der Waals surface area contributed by atoms with Crippen molar-refractivity contribution in [1.82, 2.24) is 9.55 Å². The van der Waals surface area contributed by atoms with Crippen molar-refractivity contribution in [2.75, 3.05) is 0 Å². The average Bonchev–Trinajstić information content (AvgIpc) is 3.10. The minimum Gasteiger partial charge on any atom is -0.464 e. The highest BCUT2D eigenvalue weighted by Crippen LogP contribution is 2.36. The van der Waals surface area contributed by atoms with Crippen LogP contribution < -0.4 is 0 Å². The molecule has 3 rings (SSSR count). The lowest BCUT2D eigenvalue weighted by Crippen LogP contribution is -2.10. The lowest BCUT2D eigenvalue weighted by atomic mass is 10.1. The Bertz CT molecular complexity index is 701. The Labute approximate surface area is 112 Å². The van der Waals surface area contributed by atoms with Gasteiger partial charge in [-0.05, 0) is 30.3 Å². The van der Waals surface area contributed by atoms with Crippen molar-refractivity contribution in [3.63, 3.8) is 0 Å². The summed E-state index contributed by atoms with van der Waals surface area (Å²) < 4.78 is 46.1. The van der Waals surface area contributed by atoms with Gasteiger partial charge in [0.15, 0.2) is 0 Å². The van der Waals surface area contributed by atoms with E-state index >= 15 is 0 Å².